The van der Waals surface area contributed by atoms with Crippen molar-refractivity contribution >= 4 is 27.3 Å². The van der Waals surface area contributed by atoms with Crippen LogP contribution in [0.3, 0.4) is 0 Å². The maximum Gasteiger partial charge on any atom is 0.250 e. The molecular weight excluding hydrogens is 248 g/mol. The van der Waals surface area contributed by atoms with Gasteiger partial charge < -0.3 is 11.1 Å². The Hall–Kier alpha value is -1.12. The predicted molar refractivity (Wildman–Crippen MR) is 65.1 cm³/mol. The van der Waals surface area contributed by atoms with Crippen molar-refractivity contribution < 1.29 is 8.42 Å². The van der Waals surface area contributed by atoms with E-state index in [2.05, 4.69) is 15.0 Å². The Morgan fingerprint density at radius 3 is 2.88 bits per heavy atom. The Morgan fingerprint density at radius 1 is 1.56 bits per heavy atom. The van der Waals surface area contributed by atoms with Crippen LogP contribution in [0.5, 0.6) is 0 Å². The van der Waals surface area contributed by atoms with Crippen molar-refractivity contribution in [3.63, 3.8) is 0 Å². The molecule has 0 amide bonds. The van der Waals surface area contributed by atoms with Gasteiger partial charge in [0, 0.05) is 20.1 Å². The third kappa shape index (κ3) is 3.80. The van der Waals surface area contributed by atoms with Crippen LogP contribution in [0.25, 0.3) is 0 Å². The van der Waals surface area contributed by atoms with E-state index in [0.717, 1.165) is 0 Å². The second-order valence-corrected chi connectivity index (χ2v) is 5.81. The van der Waals surface area contributed by atoms with Gasteiger partial charge in [-0.15, -0.1) is 11.3 Å². The van der Waals surface area contributed by atoms with Gasteiger partial charge in [0.2, 0.25) is 10.0 Å². The summed E-state index contributed by atoms with van der Waals surface area (Å²) >= 11 is 1.18. The first-order chi connectivity index (χ1) is 7.56. The molecule has 0 aromatic carbocycles. The number of rotatable bonds is 5. The summed E-state index contributed by atoms with van der Waals surface area (Å²) in [7, 11) is -1.82. The van der Waals surface area contributed by atoms with Gasteiger partial charge in [0.25, 0.3) is 0 Å². The standard InChI is InChI=1S/C8H14N4O2S2/c1-10-8(9)11-4-5-12-16(13,14)7-3-2-6-15-7/h2-3,6,12H,4-5H2,1H3,(H3,9,10,11). The molecule has 0 aliphatic carbocycles. The van der Waals surface area contributed by atoms with Crippen LogP contribution in [0.15, 0.2) is 26.7 Å². The van der Waals surface area contributed by atoms with Crippen LogP contribution in [0.1, 0.15) is 0 Å². The van der Waals surface area contributed by atoms with Gasteiger partial charge in [0.15, 0.2) is 5.96 Å². The average molecular weight is 262 g/mol. The minimum absolute atomic E-state index is 0.260. The molecule has 8 heteroatoms. The number of nitrogens with zero attached hydrogens (tertiary/aromatic N) is 1. The lowest BCUT2D eigenvalue weighted by molar-refractivity contribution is 0.583. The summed E-state index contributed by atoms with van der Waals surface area (Å²) in [5, 5.41) is 4.47. The lowest BCUT2D eigenvalue weighted by Crippen LogP contribution is -2.38. The lowest BCUT2D eigenvalue weighted by Gasteiger charge is -2.06. The molecule has 1 rings (SSSR count). The molecule has 1 heterocycles. The number of sulfonamides is 1. The van der Waals surface area contributed by atoms with E-state index in [4.69, 9.17) is 5.73 Å². The summed E-state index contributed by atoms with van der Waals surface area (Å²) in [6.45, 7) is 0.657. The summed E-state index contributed by atoms with van der Waals surface area (Å²) in [6, 6.07) is 3.25. The van der Waals surface area contributed by atoms with Crippen molar-refractivity contribution in [3.8, 4) is 0 Å². The topological polar surface area (TPSA) is 96.6 Å². The molecule has 0 saturated carbocycles. The van der Waals surface area contributed by atoms with E-state index in [0.29, 0.717) is 10.8 Å². The molecule has 0 fully saturated rings. The molecule has 1 aromatic heterocycles. The molecular formula is C8H14N4O2S2. The molecule has 0 atom stereocenters. The second-order valence-electron chi connectivity index (χ2n) is 2.87. The van der Waals surface area contributed by atoms with Crippen LogP contribution in [-0.2, 0) is 10.0 Å². The molecule has 0 radical (unpaired) electrons. The van der Waals surface area contributed by atoms with E-state index in [9.17, 15) is 8.42 Å². The molecule has 0 bridgehead atoms. The Kier molecular flexibility index (Phi) is 4.71. The molecule has 6 nitrogen and oxygen atoms in total. The van der Waals surface area contributed by atoms with E-state index in [1.807, 2.05) is 0 Å². The third-order valence-electron chi connectivity index (χ3n) is 1.72. The van der Waals surface area contributed by atoms with E-state index >= 15 is 0 Å². The number of guanidine groups is 1. The number of hydrogen-bond donors (Lipinski definition) is 3. The van der Waals surface area contributed by atoms with E-state index in [1.165, 1.54) is 11.3 Å². The lowest BCUT2D eigenvalue weighted by atomic mass is 10.6. The number of thiophene rings is 1. The Balaban J connectivity index is 2.39. The fourth-order valence-electron chi connectivity index (χ4n) is 0.943. The molecule has 4 N–H and O–H groups in total. The van der Waals surface area contributed by atoms with Crippen molar-refractivity contribution in [2.45, 2.75) is 4.21 Å². The van der Waals surface area contributed by atoms with Crippen LogP contribution in [0, 0.1) is 0 Å². The van der Waals surface area contributed by atoms with Crippen molar-refractivity contribution in [1.29, 1.82) is 0 Å². The monoisotopic (exact) mass is 262 g/mol. The van der Waals surface area contributed by atoms with Crippen LogP contribution in [0.4, 0.5) is 0 Å². The molecule has 0 aliphatic heterocycles. The number of nitrogens with two attached hydrogens (primary N) is 1. The highest BCUT2D eigenvalue weighted by Gasteiger charge is 2.13. The largest absolute Gasteiger partial charge is 0.370 e. The van der Waals surface area contributed by atoms with Gasteiger partial charge in [0.1, 0.15) is 4.21 Å². The Labute approximate surface area is 98.6 Å². The maximum atomic E-state index is 11.6. The first kappa shape index (κ1) is 12.9. The van der Waals surface area contributed by atoms with Gasteiger partial charge in [-0.25, -0.2) is 13.1 Å². The Morgan fingerprint density at radius 2 is 2.31 bits per heavy atom. The quantitative estimate of drug-likeness (QED) is 0.381. The summed E-state index contributed by atoms with van der Waals surface area (Å²) in [4.78, 5) is 3.68. The van der Waals surface area contributed by atoms with E-state index < -0.39 is 10.0 Å². The smallest absolute Gasteiger partial charge is 0.250 e. The third-order valence-corrected chi connectivity index (χ3v) is 4.58. The number of nitrogens with one attached hydrogen (secondary N) is 2. The molecule has 0 unspecified atom stereocenters. The van der Waals surface area contributed by atoms with Gasteiger partial charge >= 0.3 is 0 Å². The van der Waals surface area contributed by atoms with Gasteiger partial charge in [-0.3, -0.25) is 4.99 Å². The first-order valence-electron chi connectivity index (χ1n) is 4.55. The fourth-order valence-corrected chi connectivity index (χ4v) is 3.01. The zero-order valence-electron chi connectivity index (χ0n) is 8.80. The van der Waals surface area contributed by atoms with Gasteiger partial charge in [-0.05, 0) is 11.4 Å². The van der Waals surface area contributed by atoms with E-state index in [1.54, 1.807) is 24.6 Å². The fraction of sp³-hybridized carbons (Fsp3) is 0.375. The zero-order valence-corrected chi connectivity index (χ0v) is 10.4. The first-order valence-corrected chi connectivity index (χ1v) is 6.92. The van der Waals surface area contributed by atoms with Gasteiger partial charge in [-0.2, -0.15) is 0 Å². The predicted octanol–water partition coefficient (Wildman–Crippen LogP) is -0.439. The van der Waals surface area contributed by atoms with Crippen LogP contribution in [-0.4, -0.2) is 34.5 Å². The highest BCUT2D eigenvalue weighted by Crippen LogP contribution is 2.14. The molecule has 0 aliphatic rings. The van der Waals surface area contributed by atoms with Crippen LogP contribution >= 0.6 is 11.3 Å². The van der Waals surface area contributed by atoms with Gasteiger partial charge in [-0.1, -0.05) is 6.07 Å². The summed E-state index contributed by atoms with van der Waals surface area (Å²) in [5.41, 5.74) is 5.38. The maximum absolute atomic E-state index is 11.6. The molecule has 0 saturated heterocycles. The van der Waals surface area contributed by atoms with Crippen molar-refractivity contribution in [2.24, 2.45) is 10.7 Å². The molecule has 0 spiro atoms. The molecule has 1 aromatic rings. The normalized spacial score (nSPS) is 12.7. The number of aliphatic imine (C=N–C) groups is 1. The average Bonchev–Trinajstić information content (AvgIpc) is 2.78. The zero-order chi connectivity index (χ0) is 12.0. The van der Waals surface area contributed by atoms with Crippen molar-refractivity contribution in [1.82, 2.24) is 10.0 Å². The highest BCUT2D eigenvalue weighted by atomic mass is 32.2. The SMILES string of the molecule is CN=C(N)NCCNS(=O)(=O)c1cccs1. The minimum Gasteiger partial charge on any atom is -0.370 e. The second kappa shape index (κ2) is 5.83. The van der Waals surface area contributed by atoms with Gasteiger partial charge in [0.05, 0.1) is 0 Å². The molecule has 90 valence electrons. The summed E-state index contributed by atoms with van der Waals surface area (Å²) < 4.78 is 26.0. The van der Waals surface area contributed by atoms with Crippen molar-refractivity contribution in [2.75, 3.05) is 20.1 Å². The Bertz CT molecular complexity index is 439. The van der Waals surface area contributed by atoms with Crippen molar-refractivity contribution in [3.05, 3.63) is 17.5 Å². The summed E-state index contributed by atoms with van der Waals surface area (Å²) in [5.74, 6) is 0.287. The number of hydrogen-bond acceptors (Lipinski definition) is 4. The molecule has 16 heavy (non-hydrogen) atoms. The van der Waals surface area contributed by atoms with Crippen LogP contribution in [0.2, 0.25) is 0 Å². The summed E-state index contributed by atoms with van der Waals surface area (Å²) in [6.07, 6.45) is 0. The van der Waals surface area contributed by atoms with E-state index in [-0.39, 0.29) is 12.5 Å². The minimum atomic E-state index is -3.37. The van der Waals surface area contributed by atoms with Crippen LogP contribution < -0.4 is 15.8 Å². The highest BCUT2D eigenvalue weighted by molar-refractivity contribution is 7.91.